The number of halogens is 1. The van der Waals surface area contributed by atoms with Crippen molar-refractivity contribution in [3.8, 4) is 0 Å². The molecule has 0 spiro atoms. The van der Waals surface area contributed by atoms with Gasteiger partial charge in [0.15, 0.2) is 0 Å². The first-order chi connectivity index (χ1) is 6.04. The van der Waals surface area contributed by atoms with Crippen LogP contribution in [0.3, 0.4) is 0 Å². The Morgan fingerprint density at radius 2 is 2.15 bits per heavy atom. The monoisotopic (exact) mass is 207 g/mol. The number of hydrogen-bond donors (Lipinski definition) is 1. The number of oxime groups is 1. The second-order valence-corrected chi connectivity index (χ2v) is 2.69. The minimum Gasteiger partial charge on any atom is -0.476 e. The number of carboxylic acids is 1. The van der Waals surface area contributed by atoms with Gasteiger partial charge in [-0.05, 0) is 6.42 Å². The lowest BCUT2D eigenvalue weighted by molar-refractivity contribution is -0.130. The summed E-state index contributed by atoms with van der Waals surface area (Å²) in [5.74, 6) is -2.18. The Balaban J connectivity index is 4.67. The fraction of sp³-hybridized carbons (Fsp3) is 0.571. The zero-order chi connectivity index (χ0) is 10.4. The van der Waals surface area contributed by atoms with Gasteiger partial charge < -0.3 is 9.94 Å². The van der Waals surface area contributed by atoms with E-state index in [0.717, 1.165) is 7.11 Å². The van der Waals surface area contributed by atoms with Crippen LogP contribution < -0.4 is 0 Å². The van der Waals surface area contributed by atoms with Crippen molar-refractivity contribution >= 4 is 29.1 Å². The van der Waals surface area contributed by atoms with Crippen LogP contribution in [-0.4, -0.2) is 35.1 Å². The van der Waals surface area contributed by atoms with E-state index in [1.807, 2.05) is 0 Å². The first-order valence-electron chi connectivity index (χ1n) is 3.57. The largest absolute Gasteiger partial charge is 0.476 e. The van der Waals surface area contributed by atoms with Crippen LogP contribution in [0, 0.1) is 0 Å². The maximum absolute atomic E-state index is 11.2. The summed E-state index contributed by atoms with van der Waals surface area (Å²) in [6, 6.07) is 0. The van der Waals surface area contributed by atoms with Crippen LogP contribution in [0.1, 0.15) is 13.3 Å². The lowest BCUT2D eigenvalue weighted by atomic mass is 10.1. The predicted molar refractivity (Wildman–Crippen MR) is 47.0 cm³/mol. The number of carbonyl (C=O) groups excluding carboxylic acids is 1. The number of ketones is 1. The summed E-state index contributed by atoms with van der Waals surface area (Å²) >= 11 is 5.54. The van der Waals surface area contributed by atoms with E-state index in [2.05, 4.69) is 9.99 Å². The number of nitrogens with zero attached hydrogens (tertiary/aromatic N) is 1. The molecule has 0 amide bonds. The van der Waals surface area contributed by atoms with Crippen molar-refractivity contribution in [3.05, 3.63) is 0 Å². The van der Waals surface area contributed by atoms with Gasteiger partial charge in [-0.3, -0.25) is 4.79 Å². The van der Waals surface area contributed by atoms with Crippen molar-refractivity contribution < 1.29 is 19.5 Å². The molecule has 5 nitrogen and oxygen atoms in total. The van der Waals surface area contributed by atoms with Gasteiger partial charge in [0.1, 0.15) is 7.11 Å². The van der Waals surface area contributed by atoms with Crippen LogP contribution in [0.5, 0.6) is 0 Å². The predicted octanol–water partition coefficient (Wildman–Crippen LogP) is 0.660. The van der Waals surface area contributed by atoms with Crippen molar-refractivity contribution in [2.45, 2.75) is 18.7 Å². The standard InChI is InChI=1S/C7H10ClNO4/c1-3-4(8)6(10)5(7(11)12)9-13-2/h4H,3H2,1-2H3,(H,11,12). The Bertz CT molecular complexity index is 239. The van der Waals surface area contributed by atoms with Gasteiger partial charge >= 0.3 is 5.97 Å². The smallest absolute Gasteiger partial charge is 0.361 e. The van der Waals surface area contributed by atoms with Gasteiger partial charge in [0.2, 0.25) is 11.5 Å². The highest BCUT2D eigenvalue weighted by Gasteiger charge is 2.26. The molecule has 0 rings (SSSR count). The molecule has 0 saturated carbocycles. The third-order valence-electron chi connectivity index (χ3n) is 1.26. The average molecular weight is 208 g/mol. The van der Waals surface area contributed by atoms with E-state index in [4.69, 9.17) is 16.7 Å². The number of alkyl halides is 1. The van der Waals surface area contributed by atoms with Gasteiger partial charge in [0.25, 0.3) is 0 Å². The number of carbonyl (C=O) groups is 2. The molecule has 74 valence electrons. The summed E-state index contributed by atoms with van der Waals surface area (Å²) in [6.45, 7) is 1.67. The van der Waals surface area contributed by atoms with Crippen LogP contribution in [0.4, 0.5) is 0 Å². The molecule has 0 aliphatic heterocycles. The molecule has 0 aromatic rings. The van der Waals surface area contributed by atoms with Crippen molar-refractivity contribution in [3.63, 3.8) is 0 Å². The summed E-state index contributed by atoms with van der Waals surface area (Å²) in [5, 5.41) is 10.7. The lowest BCUT2D eigenvalue weighted by Crippen LogP contribution is -2.30. The molecular formula is C7H10ClNO4. The first kappa shape index (κ1) is 11.9. The Morgan fingerprint density at radius 3 is 2.46 bits per heavy atom. The molecule has 0 aromatic heterocycles. The Hall–Kier alpha value is -1.10. The van der Waals surface area contributed by atoms with E-state index in [9.17, 15) is 9.59 Å². The fourth-order valence-corrected chi connectivity index (χ4v) is 0.718. The summed E-state index contributed by atoms with van der Waals surface area (Å²) in [4.78, 5) is 25.9. The van der Waals surface area contributed by atoms with E-state index in [1.165, 1.54) is 0 Å². The number of rotatable bonds is 5. The van der Waals surface area contributed by atoms with Crippen molar-refractivity contribution in [1.82, 2.24) is 0 Å². The maximum atomic E-state index is 11.2. The fourth-order valence-electron chi connectivity index (χ4n) is 0.614. The summed E-state index contributed by atoms with van der Waals surface area (Å²) in [5.41, 5.74) is -0.677. The zero-order valence-corrected chi connectivity index (χ0v) is 8.04. The Morgan fingerprint density at radius 1 is 1.62 bits per heavy atom. The third kappa shape index (κ3) is 3.42. The van der Waals surface area contributed by atoms with Crippen LogP contribution in [-0.2, 0) is 14.4 Å². The van der Waals surface area contributed by atoms with Crippen LogP contribution >= 0.6 is 11.6 Å². The molecule has 0 aliphatic rings. The molecule has 0 radical (unpaired) electrons. The van der Waals surface area contributed by atoms with E-state index in [1.54, 1.807) is 6.92 Å². The van der Waals surface area contributed by atoms with Gasteiger partial charge in [-0.25, -0.2) is 4.79 Å². The molecule has 6 heteroatoms. The van der Waals surface area contributed by atoms with Gasteiger partial charge in [-0.1, -0.05) is 12.1 Å². The van der Waals surface area contributed by atoms with Crippen LogP contribution in [0.25, 0.3) is 0 Å². The molecule has 1 unspecified atom stereocenters. The van der Waals surface area contributed by atoms with Crippen LogP contribution in [0.2, 0.25) is 0 Å². The third-order valence-corrected chi connectivity index (χ3v) is 1.77. The molecule has 0 saturated heterocycles. The molecule has 1 N–H and O–H groups in total. The molecular weight excluding hydrogens is 198 g/mol. The SMILES string of the molecule is CCC(Cl)C(=O)C(=NOC)C(=O)O. The topological polar surface area (TPSA) is 76.0 Å². The van der Waals surface area contributed by atoms with Gasteiger partial charge in [0, 0.05) is 0 Å². The van der Waals surface area contributed by atoms with E-state index < -0.39 is 22.8 Å². The number of aliphatic carboxylic acids is 1. The minimum atomic E-state index is -1.44. The molecule has 0 aliphatic carbocycles. The van der Waals surface area contributed by atoms with Gasteiger partial charge in [-0.2, -0.15) is 0 Å². The van der Waals surface area contributed by atoms with Crippen molar-refractivity contribution in [2.24, 2.45) is 5.16 Å². The quantitative estimate of drug-likeness (QED) is 0.311. The van der Waals surface area contributed by atoms with E-state index in [0.29, 0.717) is 6.42 Å². The highest BCUT2D eigenvalue weighted by molar-refractivity contribution is 6.68. The molecule has 0 bridgehead atoms. The molecule has 0 heterocycles. The van der Waals surface area contributed by atoms with Gasteiger partial charge in [-0.15, -0.1) is 11.6 Å². The Labute approximate surface area is 80.3 Å². The molecule has 1 atom stereocenters. The van der Waals surface area contributed by atoms with Crippen molar-refractivity contribution in [1.29, 1.82) is 0 Å². The first-order valence-corrected chi connectivity index (χ1v) is 4.00. The highest BCUT2D eigenvalue weighted by atomic mass is 35.5. The average Bonchev–Trinajstić information content (AvgIpc) is 2.11. The Kier molecular flexibility index (Phi) is 5.06. The number of carboxylic acid groups (broad SMARTS) is 1. The normalized spacial score (nSPS) is 13.6. The van der Waals surface area contributed by atoms with Crippen molar-refractivity contribution in [2.75, 3.05) is 7.11 Å². The van der Waals surface area contributed by atoms with E-state index in [-0.39, 0.29) is 0 Å². The van der Waals surface area contributed by atoms with E-state index >= 15 is 0 Å². The number of Topliss-reactive ketones (excluding diaryl/α,β-unsaturated/α-hetero) is 1. The second kappa shape index (κ2) is 5.53. The van der Waals surface area contributed by atoms with Gasteiger partial charge in [0.05, 0.1) is 5.38 Å². The second-order valence-electron chi connectivity index (χ2n) is 2.17. The number of hydrogen-bond acceptors (Lipinski definition) is 4. The van der Waals surface area contributed by atoms with Crippen LogP contribution in [0.15, 0.2) is 5.16 Å². The maximum Gasteiger partial charge on any atom is 0.361 e. The lowest BCUT2D eigenvalue weighted by Gasteiger charge is -2.03. The summed E-state index contributed by atoms with van der Waals surface area (Å²) in [7, 11) is 1.16. The highest BCUT2D eigenvalue weighted by Crippen LogP contribution is 2.04. The molecule has 13 heavy (non-hydrogen) atoms. The minimum absolute atomic E-state index is 0.344. The summed E-state index contributed by atoms with van der Waals surface area (Å²) in [6.07, 6.45) is 0.344. The molecule has 0 fully saturated rings. The molecule has 0 aromatic carbocycles. The summed E-state index contributed by atoms with van der Waals surface area (Å²) < 4.78 is 0. The zero-order valence-electron chi connectivity index (χ0n) is 7.28.